The van der Waals surface area contributed by atoms with Crippen LogP contribution in [0.1, 0.15) is 47.0 Å². The second-order valence-electron chi connectivity index (χ2n) is 7.57. The van der Waals surface area contributed by atoms with E-state index in [9.17, 15) is 4.39 Å². The number of hydrogen-bond donors (Lipinski definition) is 2. The molecule has 28 heavy (non-hydrogen) atoms. The zero-order chi connectivity index (χ0) is 18.8. The average Bonchev–Trinajstić information content (AvgIpc) is 3.26. The van der Waals surface area contributed by atoms with Crippen LogP contribution < -0.4 is 10.6 Å². The second kappa shape index (κ2) is 8.54. The maximum Gasteiger partial charge on any atom is 0.224 e. The molecule has 0 atom stereocenters. The molecule has 150 valence electrons. The fraction of sp³-hybridized carbons (Fsp3) is 0.476. The van der Waals surface area contributed by atoms with Gasteiger partial charge in [0.1, 0.15) is 11.3 Å². The Morgan fingerprint density at radius 3 is 2.64 bits per heavy atom. The lowest BCUT2D eigenvalue weighted by Crippen LogP contribution is -2.17. The molecule has 0 unspecified atom stereocenters. The Hall–Kier alpha value is -2.70. The van der Waals surface area contributed by atoms with Crippen molar-refractivity contribution in [3.8, 4) is 0 Å². The van der Waals surface area contributed by atoms with Gasteiger partial charge in [-0.25, -0.2) is 14.4 Å². The lowest BCUT2D eigenvalue weighted by atomic mass is 10.2. The molecular weight excluding hydrogens is 355 g/mol. The molecule has 6 nitrogen and oxygen atoms in total. The molecule has 0 bridgehead atoms. The van der Waals surface area contributed by atoms with Crippen LogP contribution in [0.25, 0.3) is 11.2 Å². The first kappa shape index (κ1) is 20.0. The highest BCUT2D eigenvalue weighted by atomic mass is 19.1. The molecule has 2 N–H and O–H groups in total. The summed E-state index contributed by atoms with van der Waals surface area (Å²) in [6.07, 6.45) is 6.56. The number of hydrogen-bond acceptors (Lipinski definition) is 5. The van der Waals surface area contributed by atoms with Gasteiger partial charge in [-0.2, -0.15) is 4.98 Å². The SMILES string of the molecule is C.CC(C)Cn1c(Nc2ccccc2F)nc2cnc(NC3CCCC3)nc21. The number of rotatable bonds is 6. The minimum atomic E-state index is -0.310. The minimum absolute atomic E-state index is 0. The normalized spacial score (nSPS) is 14.4. The van der Waals surface area contributed by atoms with Crippen LogP contribution in [-0.4, -0.2) is 25.6 Å². The predicted molar refractivity (Wildman–Crippen MR) is 112 cm³/mol. The van der Waals surface area contributed by atoms with E-state index in [1.807, 2.05) is 4.57 Å². The predicted octanol–water partition coefficient (Wildman–Crippen LogP) is 5.36. The van der Waals surface area contributed by atoms with Gasteiger partial charge in [-0.1, -0.05) is 46.2 Å². The van der Waals surface area contributed by atoms with Gasteiger partial charge in [0.2, 0.25) is 11.9 Å². The summed E-state index contributed by atoms with van der Waals surface area (Å²) >= 11 is 0. The molecule has 0 saturated heterocycles. The molecular formula is C21H29FN6. The Morgan fingerprint density at radius 1 is 1.18 bits per heavy atom. The van der Waals surface area contributed by atoms with Gasteiger partial charge < -0.3 is 10.6 Å². The number of imidazole rings is 1. The number of halogens is 1. The molecule has 3 aromatic rings. The molecule has 7 heteroatoms. The Morgan fingerprint density at radius 2 is 1.93 bits per heavy atom. The van der Waals surface area contributed by atoms with Gasteiger partial charge >= 0.3 is 0 Å². The Bertz CT molecular complexity index is 930. The standard InChI is InChI=1S/C20H25FN6.CH4/c1-13(2)12-27-18-17(11-22-19(26-18)23-14-7-3-4-8-14)25-20(27)24-16-10-6-5-9-15(16)21;/h5-6,9-11,13-14H,3-4,7-8,12H2,1-2H3,(H,24,25)(H,22,23,26);1H4. The summed E-state index contributed by atoms with van der Waals surface area (Å²) in [4.78, 5) is 13.8. The largest absolute Gasteiger partial charge is 0.351 e. The van der Waals surface area contributed by atoms with Crippen molar-refractivity contribution in [2.45, 2.75) is 59.5 Å². The fourth-order valence-corrected chi connectivity index (χ4v) is 3.56. The van der Waals surface area contributed by atoms with Crippen molar-refractivity contribution in [2.75, 3.05) is 10.6 Å². The van der Waals surface area contributed by atoms with E-state index in [1.165, 1.54) is 18.9 Å². The van der Waals surface area contributed by atoms with E-state index in [0.29, 0.717) is 35.1 Å². The first-order valence-corrected chi connectivity index (χ1v) is 9.61. The van der Waals surface area contributed by atoms with Crippen molar-refractivity contribution < 1.29 is 4.39 Å². The van der Waals surface area contributed by atoms with Gasteiger partial charge in [0.15, 0.2) is 5.65 Å². The maximum absolute atomic E-state index is 14.1. The summed E-state index contributed by atoms with van der Waals surface area (Å²) in [6, 6.07) is 7.04. The van der Waals surface area contributed by atoms with Crippen molar-refractivity contribution in [3.05, 3.63) is 36.3 Å². The Balaban J connectivity index is 0.00000225. The smallest absolute Gasteiger partial charge is 0.224 e. The van der Waals surface area contributed by atoms with Gasteiger partial charge in [0, 0.05) is 12.6 Å². The zero-order valence-corrected chi connectivity index (χ0v) is 15.7. The molecule has 0 amide bonds. The number of aromatic nitrogens is 4. The van der Waals surface area contributed by atoms with Gasteiger partial charge in [0.25, 0.3) is 0 Å². The number of fused-ring (bicyclic) bond motifs is 1. The number of benzene rings is 1. The molecule has 2 aromatic heterocycles. The summed E-state index contributed by atoms with van der Waals surface area (Å²) in [5.41, 5.74) is 1.86. The van der Waals surface area contributed by atoms with E-state index in [0.717, 1.165) is 25.0 Å². The second-order valence-corrected chi connectivity index (χ2v) is 7.57. The highest BCUT2D eigenvalue weighted by Crippen LogP contribution is 2.26. The molecule has 1 fully saturated rings. The van der Waals surface area contributed by atoms with Crippen LogP contribution in [0.4, 0.5) is 22.0 Å². The number of anilines is 3. The van der Waals surface area contributed by atoms with Crippen LogP contribution in [0.5, 0.6) is 0 Å². The van der Waals surface area contributed by atoms with Crippen LogP contribution in [-0.2, 0) is 6.54 Å². The van der Waals surface area contributed by atoms with Crippen LogP contribution in [0.3, 0.4) is 0 Å². The zero-order valence-electron chi connectivity index (χ0n) is 15.7. The van der Waals surface area contributed by atoms with E-state index in [1.54, 1.807) is 24.4 Å². The van der Waals surface area contributed by atoms with E-state index in [-0.39, 0.29) is 13.2 Å². The summed E-state index contributed by atoms with van der Waals surface area (Å²) in [6.45, 7) is 5.00. The van der Waals surface area contributed by atoms with E-state index >= 15 is 0 Å². The van der Waals surface area contributed by atoms with Gasteiger partial charge in [0.05, 0.1) is 11.9 Å². The summed E-state index contributed by atoms with van der Waals surface area (Å²) in [5, 5.41) is 6.55. The third-order valence-electron chi connectivity index (χ3n) is 4.84. The lowest BCUT2D eigenvalue weighted by molar-refractivity contribution is 0.534. The topological polar surface area (TPSA) is 67.7 Å². The highest BCUT2D eigenvalue weighted by Gasteiger charge is 2.19. The molecule has 0 spiro atoms. The monoisotopic (exact) mass is 384 g/mol. The molecule has 1 aromatic carbocycles. The van der Waals surface area contributed by atoms with Crippen molar-refractivity contribution in [1.29, 1.82) is 0 Å². The number of nitrogens with zero attached hydrogens (tertiary/aromatic N) is 4. The molecule has 2 heterocycles. The quantitative estimate of drug-likeness (QED) is 0.599. The van der Waals surface area contributed by atoms with Crippen molar-refractivity contribution in [3.63, 3.8) is 0 Å². The lowest BCUT2D eigenvalue weighted by Gasteiger charge is -2.14. The molecule has 1 saturated carbocycles. The first-order chi connectivity index (χ1) is 13.1. The maximum atomic E-state index is 14.1. The summed E-state index contributed by atoms with van der Waals surface area (Å²) in [7, 11) is 0. The molecule has 0 radical (unpaired) electrons. The molecule has 1 aliphatic carbocycles. The summed E-state index contributed by atoms with van der Waals surface area (Å²) in [5.74, 6) is 1.30. The number of nitrogens with one attached hydrogen (secondary N) is 2. The van der Waals surface area contributed by atoms with E-state index in [2.05, 4.69) is 34.4 Å². The van der Waals surface area contributed by atoms with Crippen molar-refractivity contribution in [2.24, 2.45) is 5.92 Å². The van der Waals surface area contributed by atoms with Crippen LogP contribution >= 0.6 is 0 Å². The average molecular weight is 385 g/mol. The van der Waals surface area contributed by atoms with Crippen molar-refractivity contribution >= 4 is 28.7 Å². The van der Waals surface area contributed by atoms with E-state index in [4.69, 9.17) is 4.98 Å². The Kier molecular flexibility index (Phi) is 6.11. The van der Waals surface area contributed by atoms with Crippen LogP contribution in [0.2, 0.25) is 0 Å². The molecule has 4 rings (SSSR count). The molecule has 0 aliphatic heterocycles. The third-order valence-corrected chi connectivity index (χ3v) is 4.84. The minimum Gasteiger partial charge on any atom is -0.351 e. The summed E-state index contributed by atoms with van der Waals surface area (Å²) < 4.78 is 16.1. The van der Waals surface area contributed by atoms with Gasteiger partial charge in [-0.05, 0) is 30.9 Å². The van der Waals surface area contributed by atoms with Crippen LogP contribution in [0, 0.1) is 11.7 Å². The first-order valence-electron chi connectivity index (χ1n) is 9.61. The van der Waals surface area contributed by atoms with Gasteiger partial charge in [-0.15, -0.1) is 0 Å². The molecule has 1 aliphatic rings. The third kappa shape index (κ3) is 4.24. The fourth-order valence-electron chi connectivity index (χ4n) is 3.56. The Labute approximate surface area is 165 Å². The number of para-hydroxylation sites is 1. The van der Waals surface area contributed by atoms with Crippen molar-refractivity contribution in [1.82, 2.24) is 19.5 Å². The van der Waals surface area contributed by atoms with Gasteiger partial charge in [-0.3, -0.25) is 4.57 Å². The highest BCUT2D eigenvalue weighted by molar-refractivity contribution is 5.76. The van der Waals surface area contributed by atoms with E-state index < -0.39 is 0 Å². The van der Waals surface area contributed by atoms with Crippen LogP contribution in [0.15, 0.2) is 30.5 Å².